The van der Waals surface area contributed by atoms with E-state index in [1.54, 1.807) is 48.5 Å². The van der Waals surface area contributed by atoms with Crippen molar-refractivity contribution in [3.63, 3.8) is 0 Å². The highest BCUT2D eigenvalue weighted by atomic mass is 32.2. The van der Waals surface area contributed by atoms with Gasteiger partial charge in [-0.05, 0) is 17.7 Å². The van der Waals surface area contributed by atoms with Gasteiger partial charge in [-0.3, -0.25) is 14.9 Å². The van der Waals surface area contributed by atoms with E-state index < -0.39 is 27.4 Å². The van der Waals surface area contributed by atoms with Crippen LogP contribution in [0.3, 0.4) is 0 Å². The summed E-state index contributed by atoms with van der Waals surface area (Å²) in [4.78, 5) is 22.8. The minimum atomic E-state index is -3.94. The fourth-order valence-corrected chi connectivity index (χ4v) is 4.25. The lowest BCUT2D eigenvalue weighted by atomic mass is 10.2. The maximum absolute atomic E-state index is 13.1. The van der Waals surface area contributed by atoms with Gasteiger partial charge in [0.05, 0.1) is 22.6 Å². The summed E-state index contributed by atoms with van der Waals surface area (Å²) >= 11 is 0. The molecule has 0 aromatic heterocycles. The highest BCUT2D eigenvalue weighted by Gasteiger charge is 2.26. The van der Waals surface area contributed by atoms with Crippen LogP contribution in [0.4, 0.5) is 5.69 Å². The molecule has 3 aromatic rings. The van der Waals surface area contributed by atoms with E-state index in [4.69, 9.17) is 0 Å². The Balaban J connectivity index is 1.75. The van der Waals surface area contributed by atoms with Crippen molar-refractivity contribution in [2.24, 2.45) is 5.10 Å². The monoisotopic (exact) mass is 452 g/mol. The van der Waals surface area contributed by atoms with Crippen molar-refractivity contribution in [2.75, 3.05) is 6.54 Å². The zero-order chi connectivity index (χ0) is 23.0. The number of nitro groups is 1. The van der Waals surface area contributed by atoms with Crippen molar-refractivity contribution in [1.82, 2.24) is 9.73 Å². The number of carbonyl (C=O) groups excluding carboxylic acids is 1. The summed E-state index contributed by atoms with van der Waals surface area (Å²) in [6.45, 7) is -0.460. The van der Waals surface area contributed by atoms with Crippen LogP contribution >= 0.6 is 0 Å². The molecule has 0 aliphatic carbocycles. The van der Waals surface area contributed by atoms with E-state index in [2.05, 4.69) is 10.5 Å². The first kappa shape index (κ1) is 22.8. The van der Waals surface area contributed by atoms with Gasteiger partial charge in [0.2, 0.25) is 10.0 Å². The molecule has 0 spiro atoms. The maximum Gasteiger partial charge on any atom is 0.270 e. The van der Waals surface area contributed by atoms with Crippen molar-refractivity contribution in [3.8, 4) is 0 Å². The van der Waals surface area contributed by atoms with Crippen LogP contribution in [0.25, 0.3) is 0 Å². The molecule has 3 rings (SSSR count). The summed E-state index contributed by atoms with van der Waals surface area (Å²) in [5.41, 5.74) is 3.30. The molecule has 0 heterocycles. The van der Waals surface area contributed by atoms with Crippen molar-refractivity contribution < 1.29 is 18.1 Å². The Morgan fingerprint density at radius 3 is 2.31 bits per heavy atom. The van der Waals surface area contributed by atoms with E-state index in [0.29, 0.717) is 5.56 Å². The number of hydrogen-bond acceptors (Lipinski definition) is 6. The second kappa shape index (κ2) is 10.4. The number of sulfonamides is 1. The van der Waals surface area contributed by atoms with E-state index >= 15 is 0 Å². The largest absolute Gasteiger partial charge is 0.272 e. The highest BCUT2D eigenvalue weighted by molar-refractivity contribution is 7.89. The first-order chi connectivity index (χ1) is 15.4. The number of carbonyl (C=O) groups is 1. The molecule has 0 fully saturated rings. The molecular formula is C22H20N4O5S. The zero-order valence-corrected chi connectivity index (χ0v) is 17.7. The molecule has 0 aliphatic rings. The number of nitrogens with zero attached hydrogens (tertiary/aromatic N) is 3. The molecule has 1 amide bonds. The summed E-state index contributed by atoms with van der Waals surface area (Å²) in [6, 6.07) is 22.5. The number of nitro benzene ring substituents is 1. The highest BCUT2D eigenvalue weighted by Crippen LogP contribution is 2.18. The van der Waals surface area contributed by atoms with Crippen LogP contribution in [0.2, 0.25) is 0 Å². The van der Waals surface area contributed by atoms with Gasteiger partial charge < -0.3 is 0 Å². The molecule has 0 aliphatic heterocycles. The Kier molecular flexibility index (Phi) is 7.42. The van der Waals surface area contributed by atoms with Gasteiger partial charge in [0.25, 0.3) is 11.6 Å². The lowest BCUT2D eigenvalue weighted by Crippen LogP contribution is -2.39. The van der Waals surface area contributed by atoms with Gasteiger partial charge in [0.1, 0.15) is 0 Å². The third-order valence-corrected chi connectivity index (χ3v) is 6.19. The number of benzene rings is 3. The molecule has 0 saturated carbocycles. The summed E-state index contributed by atoms with van der Waals surface area (Å²) in [6.07, 6.45) is 1.25. The van der Waals surface area contributed by atoms with Gasteiger partial charge in [-0.1, -0.05) is 60.7 Å². The first-order valence-corrected chi connectivity index (χ1v) is 11.0. The standard InChI is InChI=1S/C22H20N4O5S/c27-22(24-23-15-19-10-7-11-20(14-19)26(28)29)17-25(16-18-8-3-1-4-9-18)32(30,31)21-12-5-2-6-13-21/h1-15H,16-17H2,(H,24,27)/b23-15+. The molecule has 3 aromatic carbocycles. The molecule has 0 radical (unpaired) electrons. The Morgan fingerprint density at radius 2 is 1.66 bits per heavy atom. The average Bonchev–Trinajstić information content (AvgIpc) is 2.80. The molecule has 0 unspecified atom stereocenters. The smallest absolute Gasteiger partial charge is 0.270 e. The van der Waals surface area contributed by atoms with Gasteiger partial charge >= 0.3 is 0 Å². The summed E-state index contributed by atoms with van der Waals surface area (Å²) in [7, 11) is -3.94. The van der Waals surface area contributed by atoms with Gasteiger partial charge in [-0.25, -0.2) is 13.8 Å². The molecule has 0 saturated heterocycles. The number of hydrogen-bond donors (Lipinski definition) is 1. The summed E-state index contributed by atoms with van der Waals surface area (Å²) < 4.78 is 27.3. The topological polar surface area (TPSA) is 122 Å². The van der Waals surface area contributed by atoms with Crippen molar-refractivity contribution in [1.29, 1.82) is 0 Å². The van der Waals surface area contributed by atoms with Crippen LogP contribution in [0.5, 0.6) is 0 Å². The lowest BCUT2D eigenvalue weighted by molar-refractivity contribution is -0.384. The van der Waals surface area contributed by atoms with Crippen LogP contribution < -0.4 is 5.43 Å². The minimum absolute atomic E-state index is 0.0000812. The van der Waals surface area contributed by atoms with Crippen molar-refractivity contribution in [2.45, 2.75) is 11.4 Å². The first-order valence-electron chi connectivity index (χ1n) is 9.52. The second-order valence-corrected chi connectivity index (χ2v) is 8.65. The van der Waals surface area contributed by atoms with E-state index in [1.807, 2.05) is 6.07 Å². The van der Waals surface area contributed by atoms with Crippen LogP contribution in [-0.4, -0.2) is 36.3 Å². The quantitative estimate of drug-likeness (QED) is 0.304. The fourth-order valence-electron chi connectivity index (χ4n) is 2.85. The maximum atomic E-state index is 13.1. The molecular weight excluding hydrogens is 432 g/mol. The predicted octanol–water partition coefficient (Wildman–Crippen LogP) is 2.94. The number of nitrogens with one attached hydrogen (secondary N) is 1. The van der Waals surface area contributed by atoms with E-state index in [-0.39, 0.29) is 17.1 Å². The average molecular weight is 452 g/mol. The van der Waals surface area contributed by atoms with Crippen molar-refractivity contribution in [3.05, 3.63) is 106 Å². The Bertz CT molecular complexity index is 1220. The minimum Gasteiger partial charge on any atom is -0.272 e. The number of hydrazone groups is 1. The SMILES string of the molecule is O=C(CN(Cc1ccccc1)S(=O)(=O)c1ccccc1)N/N=C/c1cccc([N+](=O)[O-])c1. The van der Waals surface area contributed by atoms with E-state index in [0.717, 1.165) is 9.87 Å². The zero-order valence-electron chi connectivity index (χ0n) is 16.9. The van der Waals surface area contributed by atoms with Gasteiger partial charge in [0.15, 0.2) is 0 Å². The van der Waals surface area contributed by atoms with Crippen LogP contribution in [-0.2, 0) is 21.4 Å². The molecule has 0 atom stereocenters. The van der Waals surface area contributed by atoms with E-state index in [1.165, 1.54) is 36.5 Å². The second-order valence-electron chi connectivity index (χ2n) is 6.72. The third kappa shape index (κ3) is 6.06. The van der Waals surface area contributed by atoms with E-state index in [9.17, 15) is 23.3 Å². The molecule has 0 bridgehead atoms. The molecule has 9 nitrogen and oxygen atoms in total. The van der Waals surface area contributed by atoms with Gasteiger partial charge in [0, 0.05) is 24.2 Å². The van der Waals surface area contributed by atoms with Crippen LogP contribution in [0.15, 0.2) is 94.9 Å². The van der Waals surface area contributed by atoms with Crippen molar-refractivity contribution >= 4 is 27.8 Å². The lowest BCUT2D eigenvalue weighted by Gasteiger charge is -2.21. The summed E-state index contributed by atoms with van der Waals surface area (Å²) in [5, 5.41) is 14.6. The summed E-state index contributed by atoms with van der Waals surface area (Å²) in [5.74, 6) is -0.651. The fraction of sp³-hybridized carbons (Fsp3) is 0.0909. The molecule has 164 valence electrons. The number of amides is 1. The molecule has 1 N–H and O–H groups in total. The van der Waals surface area contributed by atoms with Gasteiger partial charge in [-0.2, -0.15) is 9.41 Å². The Labute approximate surface area is 185 Å². The molecule has 32 heavy (non-hydrogen) atoms. The Morgan fingerprint density at radius 1 is 1.00 bits per heavy atom. The molecule has 10 heteroatoms. The number of rotatable bonds is 9. The Hall–Kier alpha value is -3.89. The normalized spacial score (nSPS) is 11.5. The predicted molar refractivity (Wildman–Crippen MR) is 119 cm³/mol. The van der Waals surface area contributed by atoms with Gasteiger partial charge in [-0.15, -0.1) is 0 Å². The van der Waals surface area contributed by atoms with Crippen LogP contribution in [0, 0.1) is 10.1 Å². The van der Waals surface area contributed by atoms with Crippen LogP contribution in [0.1, 0.15) is 11.1 Å². The third-order valence-electron chi connectivity index (χ3n) is 4.39. The number of non-ortho nitro benzene ring substituents is 1.